The van der Waals surface area contributed by atoms with Crippen LogP contribution in [0.2, 0.25) is 0 Å². The Kier molecular flexibility index (Phi) is 4.03. The summed E-state index contributed by atoms with van der Waals surface area (Å²) in [6, 6.07) is 0. The Morgan fingerprint density at radius 1 is 0.375 bits per heavy atom. The molecule has 0 aromatic rings. The van der Waals surface area contributed by atoms with Gasteiger partial charge in [-0.3, -0.25) is 0 Å². The summed E-state index contributed by atoms with van der Waals surface area (Å²) in [4.78, 5) is 1.22. The zero-order valence-electron chi connectivity index (χ0n) is 7.02. The molecule has 0 unspecified atom stereocenters. The normalized spacial score (nSPS) is 39.5. The predicted molar refractivity (Wildman–Crippen MR) is 54.7 cm³/mol. The van der Waals surface area contributed by atoms with Crippen LogP contribution >= 0.6 is 32.7 Å². The van der Waals surface area contributed by atoms with Crippen molar-refractivity contribution in [2.24, 2.45) is 0 Å². The fourth-order valence-electron chi connectivity index (χ4n) is 0.914. The number of halogens is 8. The molecule has 0 spiro atoms. The molecule has 4 N–H and O–H groups in total. The topological polar surface area (TPSA) is 48.1 Å². The minimum absolute atomic E-state index is 0.304. The van der Waals surface area contributed by atoms with Crippen molar-refractivity contribution in [1.29, 1.82) is 0 Å². The first kappa shape index (κ1) is 15.1. The monoisotopic (exact) mass is 340 g/mol. The number of hydrogen-bond acceptors (Lipinski definition) is 4. The summed E-state index contributed by atoms with van der Waals surface area (Å²) in [7, 11) is -25.3. The molecule has 0 aromatic heterocycles. The summed E-state index contributed by atoms with van der Waals surface area (Å²) in [5.74, 6) is 0. The molecule has 4 nitrogen and oxygen atoms in total. The van der Waals surface area contributed by atoms with E-state index in [0.29, 0.717) is 19.4 Å². The Bertz CT molecular complexity index is 205. The Balaban J connectivity index is 2.98. The van der Waals surface area contributed by atoms with Crippen LogP contribution in [0.5, 0.6) is 0 Å². The summed E-state index contributed by atoms with van der Waals surface area (Å²) < 4.78 is 101. The van der Waals surface area contributed by atoms with E-state index in [0.717, 1.165) is 0 Å². The minimum atomic E-state index is -6.32. The van der Waals surface area contributed by atoms with Gasteiger partial charge in [-0.1, -0.05) is 0 Å². The molecule has 104 valence electrons. The Morgan fingerprint density at radius 3 is 0.625 bits per heavy atom. The van der Waals surface area contributed by atoms with E-state index in [2.05, 4.69) is 0 Å². The van der Waals surface area contributed by atoms with Crippen molar-refractivity contribution in [3.63, 3.8) is 0 Å². The van der Waals surface area contributed by atoms with Gasteiger partial charge >= 0.3 is 85.7 Å². The van der Waals surface area contributed by atoms with E-state index in [1.807, 2.05) is 0 Å². The van der Waals surface area contributed by atoms with Crippen molar-refractivity contribution >= 4 is 32.7 Å². The van der Waals surface area contributed by atoms with Gasteiger partial charge in [0.15, 0.2) is 0 Å². The van der Waals surface area contributed by atoms with Crippen molar-refractivity contribution < 1.29 is 33.6 Å². The molecule has 1 heterocycles. The predicted octanol–water partition coefficient (Wildman–Crippen LogP) is 3.75. The van der Waals surface area contributed by atoms with E-state index in [1.165, 1.54) is 0 Å². The maximum atomic E-state index is 12.6. The standard InChI is InChI=1S/F8H8N4P4/c1-13(2)9-14(3,4)11-16(7,8)12-15(5,6)10-13/h9-16H. The van der Waals surface area contributed by atoms with Crippen LogP contribution in [-0.2, 0) is 0 Å². The molecule has 0 saturated carbocycles. The summed E-state index contributed by atoms with van der Waals surface area (Å²) in [6.45, 7) is 0. The van der Waals surface area contributed by atoms with Gasteiger partial charge in [0.25, 0.3) is 0 Å². The van der Waals surface area contributed by atoms with Gasteiger partial charge in [-0.15, -0.1) is 0 Å². The maximum absolute atomic E-state index is 12.6. The summed E-state index contributed by atoms with van der Waals surface area (Å²) in [6.07, 6.45) is 0. The molecule has 1 aliphatic heterocycles. The van der Waals surface area contributed by atoms with Gasteiger partial charge in [0.1, 0.15) is 0 Å². The molecule has 0 radical (unpaired) electrons. The van der Waals surface area contributed by atoms with Gasteiger partial charge in [0, 0.05) is 0 Å². The summed E-state index contributed by atoms with van der Waals surface area (Å²) in [5, 5.41) is 0. The van der Waals surface area contributed by atoms with Gasteiger partial charge in [0.2, 0.25) is 0 Å². The summed E-state index contributed by atoms with van der Waals surface area (Å²) in [5.41, 5.74) is 0. The van der Waals surface area contributed by atoms with Crippen LogP contribution in [0.25, 0.3) is 0 Å². The number of rotatable bonds is 0. The van der Waals surface area contributed by atoms with Gasteiger partial charge in [-0.2, -0.15) is 0 Å². The van der Waals surface area contributed by atoms with E-state index < -0.39 is 32.7 Å². The van der Waals surface area contributed by atoms with E-state index in [1.54, 1.807) is 0 Å². The van der Waals surface area contributed by atoms with Crippen molar-refractivity contribution in [1.82, 2.24) is 19.4 Å². The molecule has 1 rings (SSSR count). The molecule has 16 heteroatoms. The van der Waals surface area contributed by atoms with Crippen LogP contribution in [-0.4, -0.2) is 0 Å². The van der Waals surface area contributed by atoms with Gasteiger partial charge in [-0.25, -0.2) is 0 Å². The average Bonchev–Trinajstić information content (AvgIpc) is 1.67. The molecule has 0 atom stereocenters. The van der Waals surface area contributed by atoms with Crippen LogP contribution < -0.4 is 19.4 Å². The second-order valence-corrected chi connectivity index (χ2v) is 11.4. The van der Waals surface area contributed by atoms with Crippen molar-refractivity contribution in [2.75, 3.05) is 0 Å². The third kappa shape index (κ3) is 4.70. The first-order chi connectivity index (χ1) is 6.83. The second-order valence-electron chi connectivity index (χ2n) is 2.80. The summed E-state index contributed by atoms with van der Waals surface area (Å²) >= 11 is 0. The van der Waals surface area contributed by atoms with Crippen molar-refractivity contribution in [3.8, 4) is 0 Å². The number of hydrogen-bond donors (Lipinski definition) is 4. The fourth-order valence-corrected chi connectivity index (χ4v) is 10.5. The first-order valence-corrected chi connectivity index (χ1v) is 10.5. The molecule has 1 saturated heterocycles. The molecule has 0 aliphatic carbocycles. The van der Waals surface area contributed by atoms with Crippen LogP contribution in [0.1, 0.15) is 0 Å². The molecular formula is H8F8N4P4. The average molecular weight is 340 g/mol. The Labute approximate surface area is 86.7 Å². The zero-order valence-corrected chi connectivity index (χ0v) is 11.0. The quantitative estimate of drug-likeness (QED) is 0.401. The molecule has 0 aromatic carbocycles. The van der Waals surface area contributed by atoms with Gasteiger partial charge < -0.3 is 0 Å². The van der Waals surface area contributed by atoms with E-state index in [9.17, 15) is 33.6 Å². The van der Waals surface area contributed by atoms with E-state index in [-0.39, 0.29) is 0 Å². The third-order valence-corrected chi connectivity index (χ3v) is 11.3. The zero-order chi connectivity index (χ0) is 12.8. The van der Waals surface area contributed by atoms with Gasteiger partial charge in [-0.05, 0) is 0 Å². The Morgan fingerprint density at radius 2 is 0.500 bits per heavy atom. The SMILES string of the molecule is F[PH]1(F)N[PH](F)(F)N[PH](F)(F)N[PH](F)(F)N1. The molecule has 1 fully saturated rings. The van der Waals surface area contributed by atoms with Crippen molar-refractivity contribution in [3.05, 3.63) is 0 Å². The molecular weight excluding hydrogens is 332 g/mol. The fraction of sp³-hybridized carbons (Fsp3) is 0. The van der Waals surface area contributed by atoms with Crippen LogP contribution in [0.4, 0.5) is 33.6 Å². The third-order valence-electron chi connectivity index (χ3n) is 1.26. The molecule has 1 aliphatic rings. The van der Waals surface area contributed by atoms with Crippen LogP contribution in [0, 0.1) is 0 Å². The van der Waals surface area contributed by atoms with Crippen LogP contribution in [0.15, 0.2) is 0 Å². The Hall–Kier alpha value is 1.000. The number of nitrogens with one attached hydrogen (secondary N) is 4. The van der Waals surface area contributed by atoms with E-state index in [4.69, 9.17) is 0 Å². The second kappa shape index (κ2) is 4.28. The van der Waals surface area contributed by atoms with E-state index >= 15 is 0 Å². The molecule has 16 heavy (non-hydrogen) atoms. The molecule has 0 bridgehead atoms. The van der Waals surface area contributed by atoms with Crippen LogP contribution in [0.3, 0.4) is 0 Å². The van der Waals surface area contributed by atoms with Gasteiger partial charge in [0.05, 0.1) is 0 Å². The first-order valence-electron chi connectivity index (χ1n) is 3.51. The van der Waals surface area contributed by atoms with Crippen molar-refractivity contribution in [2.45, 2.75) is 0 Å². The molecule has 0 amide bonds.